The summed E-state index contributed by atoms with van der Waals surface area (Å²) in [5.74, 6) is 0. The minimum Gasteiger partial charge on any atom is -0.267 e. The van der Waals surface area contributed by atoms with E-state index in [4.69, 9.17) is 5.10 Å². The second-order valence-electron chi connectivity index (χ2n) is 6.14. The SMILES string of the molecule is CCc1nn2c(ncc3c(=O)n(-n4cnnc4)ccc32)c1-c1ccccc1. The molecule has 0 unspecified atom stereocenters. The lowest BCUT2D eigenvalue weighted by molar-refractivity contribution is 0.632. The lowest BCUT2D eigenvalue weighted by Crippen LogP contribution is -2.25. The van der Waals surface area contributed by atoms with Crippen LogP contribution >= 0.6 is 0 Å². The molecule has 0 saturated carbocycles. The second kappa shape index (κ2) is 5.87. The molecular formula is C19H15N7O. The fourth-order valence-corrected chi connectivity index (χ4v) is 3.34. The number of hydrogen-bond donors (Lipinski definition) is 0. The molecule has 0 N–H and O–H groups in total. The van der Waals surface area contributed by atoms with Crippen molar-refractivity contribution in [2.45, 2.75) is 13.3 Å². The summed E-state index contributed by atoms with van der Waals surface area (Å²) >= 11 is 0. The Morgan fingerprint density at radius 3 is 2.56 bits per heavy atom. The van der Waals surface area contributed by atoms with Gasteiger partial charge in [-0.25, -0.2) is 18.9 Å². The topological polar surface area (TPSA) is 82.9 Å². The van der Waals surface area contributed by atoms with Gasteiger partial charge in [-0.2, -0.15) is 5.10 Å². The molecular weight excluding hydrogens is 342 g/mol. The van der Waals surface area contributed by atoms with Crippen LogP contribution in [0.3, 0.4) is 0 Å². The molecule has 0 aliphatic carbocycles. The van der Waals surface area contributed by atoms with Crippen molar-refractivity contribution in [2.24, 2.45) is 0 Å². The molecule has 0 bridgehead atoms. The largest absolute Gasteiger partial charge is 0.280 e. The van der Waals surface area contributed by atoms with Gasteiger partial charge in [-0.3, -0.25) is 4.79 Å². The smallest absolute Gasteiger partial charge is 0.267 e. The van der Waals surface area contributed by atoms with Gasteiger partial charge in [-0.15, -0.1) is 10.2 Å². The van der Waals surface area contributed by atoms with Gasteiger partial charge in [-0.05, 0) is 18.1 Å². The lowest BCUT2D eigenvalue weighted by Gasteiger charge is -2.07. The normalized spacial score (nSPS) is 11.4. The molecule has 0 saturated heterocycles. The maximum Gasteiger partial charge on any atom is 0.280 e. The maximum absolute atomic E-state index is 12.9. The average molecular weight is 357 g/mol. The van der Waals surface area contributed by atoms with Crippen LogP contribution in [0.1, 0.15) is 12.6 Å². The van der Waals surface area contributed by atoms with Gasteiger partial charge in [0.25, 0.3) is 5.56 Å². The van der Waals surface area contributed by atoms with E-state index in [9.17, 15) is 4.79 Å². The number of benzene rings is 1. The van der Waals surface area contributed by atoms with E-state index in [1.807, 2.05) is 36.4 Å². The van der Waals surface area contributed by atoms with E-state index in [2.05, 4.69) is 22.1 Å². The molecule has 0 amide bonds. The third-order valence-corrected chi connectivity index (χ3v) is 4.62. The maximum atomic E-state index is 12.9. The molecule has 0 fully saturated rings. The predicted octanol–water partition coefficient (Wildman–Crippen LogP) is 2.18. The first kappa shape index (κ1) is 15.4. The van der Waals surface area contributed by atoms with Crippen molar-refractivity contribution in [3.63, 3.8) is 0 Å². The summed E-state index contributed by atoms with van der Waals surface area (Å²) in [6, 6.07) is 11.9. The van der Waals surface area contributed by atoms with Crippen molar-refractivity contribution >= 4 is 16.6 Å². The Labute approximate surface area is 153 Å². The van der Waals surface area contributed by atoms with E-state index in [0.717, 1.165) is 28.9 Å². The Bertz CT molecular complexity index is 1320. The molecule has 5 aromatic rings. The van der Waals surface area contributed by atoms with Crippen LogP contribution in [0.4, 0.5) is 0 Å². The fraction of sp³-hybridized carbons (Fsp3) is 0.105. The summed E-state index contributed by atoms with van der Waals surface area (Å²) in [7, 11) is 0. The van der Waals surface area contributed by atoms with Crippen LogP contribution in [0.25, 0.3) is 27.7 Å². The summed E-state index contributed by atoms with van der Waals surface area (Å²) in [4.78, 5) is 17.5. The van der Waals surface area contributed by atoms with Gasteiger partial charge in [0.15, 0.2) is 5.65 Å². The van der Waals surface area contributed by atoms with Crippen LogP contribution in [0.5, 0.6) is 0 Å². The molecule has 5 rings (SSSR count). The van der Waals surface area contributed by atoms with Crippen molar-refractivity contribution in [3.8, 4) is 11.1 Å². The Kier molecular flexibility index (Phi) is 3.36. The summed E-state index contributed by atoms with van der Waals surface area (Å²) in [6.07, 6.45) is 7.00. The zero-order valence-corrected chi connectivity index (χ0v) is 14.5. The highest BCUT2D eigenvalue weighted by Gasteiger charge is 2.17. The molecule has 132 valence electrons. The molecule has 0 spiro atoms. The second-order valence-corrected chi connectivity index (χ2v) is 6.14. The van der Waals surface area contributed by atoms with E-state index >= 15 is 0 Å². The van der Waals surface area contributed by atoms with Gasteiger partial charge in [0.1, 0.15) is 12.7 Å². The third-order valence-electron chi connectivity index (χ3n) is 4.62. The fourth-order valence-electron chi connectivity index (χ4n) is 3.34. The molecule has 8 heteroatoms. The van der Waals surface area contributed by atoms with Crippen molar-refractivity contribution in [3.05, 3.63) is 77.5 Å². The number of aryl methyl sites for hydroxylation is 1. The van der Waals surface area contributed by atoms with Crippen molar-refractivity contribution in [2.75, 3.05) is 0 Å². The van der Waals surface area contributed by atoms with E-state index in [1.54, 1.807) is 16.9 Å². The van der Waals surface area contributed by atoms with E-state index in [-0.39, 0.29) is 5.56 Å². The Morgan fingerprint density at radius 1 is 1.04 bits per heavy atom. The van der Waals surface area contributed by atoms with Gasteiger partial charge in [-0.1, -0.05) is 37.3 Å². The van der Waals surface area contributed by atoms with Gasteiger partial charge < -0.3 is 0 Å². The van der Waals surface area contributed by atoms with Crippen LogP contribution < -0.4 is 5.56 Å². The molecule has 8 nitrogen and oxygen atoms in total. The minimum atomic E-state index is -0.212. The van der Waals surface area contributed by atoms with Gasteiger partial charge in [0.05, 0.1) is 16.6 Å². The van der Waals surface area contributed by atoms with Gasteiger partial charge in [0, 0.05) is 18.0 Å². The van der Waals surface area contributed by atoms with Crippen molar-refractivity contribution < 1.29 is 0 Å². The van der Waals surface area contributed by atoms with Crippen molar-refractivity contribution in [1.82, 2.24) is 34.1 Å². The highest BCUT2D eigenvalue weighted by atomic mass is 16.1. The van der Waals surface area contributed by atoms with Crippen LogP contribution in [0.15, 0.2) is 66.2 Å². The number of pyridine rings is 1. The number of aromatic nitrogens is 7. The van der Waals surface area contributed by atoms with Crippen LogP contribution in [0, 0.1) is 0 Å². The number of fused-ring (bicyclic) bond motifs is 3. The summed E-state index contributed by atoms with van der Waals surface area (Å²) in [5, 5.41) is 12.7. The number of rotatable bonds is 3. The first-order valence-corrected chi connectivity index (χ1v) is 8.60. The first-order valence-electron chi connectivity index (χ1n) is 8.60. The molecule has 0 radical (unpaired) electrons. The monoisotopic (exact) mass is 357 g/mol. The third kappa shape index (κ3) is 2.27. The quantitative estimate of drug-likeness (QED) is 0.494. The first-order chi connectivity index (χ1) is 13.3. The molecule has 0 aliphatic rings. The highest BCUT2D eigenvalue weighted by Crippen LogP contribution is 2.29. The standard InChI is InChI=1S/C19H15N7O/c1-2-15-17(13-6-4-3-5-7-13)18-20-10-14-16(26(18)23-15)8-9-25(19(14)27)24-11-21-22-12-24/h3-12H,2H2,1H3. The zero-order chi connectivity index (χ0) is 18.4. The highest BCUT2D eigenvalue weighted by molar-refractivity contribution is 5.86. The summed E-state index contributed by atoms with van der Waals surface area (Å²) in [6.45, 7) is 2.06. The molecule has 0 aliphatic heterocycles. The molecule has 4 heterocycles. The van der Waals surface area contributed by atoms with E-state index < -0.39 is 0 Å². The van der Waals surface area contributed by atoms with Crippen LogP contribution in [-0.4, -0.2) is 34.1 Å². The molecule has 1 aromatic carbocycles. The number of nitrogens with zero attached hydrogens (tertiary/aromatic N) is 7. The lowest BCUT2D eigenvalue weighted by atomic mass is 10.0. The van der Waals surface area contributed by atoms with Crippen molar-refractivity contribution in [1.29, 1.82) is 0 Å². The van der Waals surface area contributed by atoms with Crippen LogP contribution in [0.2, 0.25) is 0 Å². The number of hydrogen-bond acceptors (Lipinski definition) is 5. The minimum absolute atomic E-state index is 0.212. The Hall–Kier alpha value is -3.81. The van der Waals surface area contributed by atoms with E-state index in [1.165, 1.54) is 22.0 Å². The Morgan fingerprint density at radius 2 is 1.81 bits per heavy atom. The zero-order valence-electron chi connectivity index (χ0n) is 14.5. The predicted molar refractivity (Wildman–Crippen MR) is 100 cm³/mol. The average Bonchev–Trinajstić information content (AvgIpc) is 3.36. The summed E-state index contributed by atoms with van der Waals surface area (Å²) in [5.41, 5.74) is 4.26. The van der Waals surface area contributed by atoms with Gasteiger partial charge in [0.2, 0.25) is 0 Å². The molecule has 27 heavy (non-hydrogen) atoms. The molecule has 0 atom stereocenters. The Balaban J connectivity index is 1.83. The molecule has 4 aromatic heterocycles. The van der Waals surface area contributed by atoms with E-state index in [0.29, 0.717) is 10.9 Å². The van der Waals surface area contributed by atoms with Crippen LogP contribution in [-0.2, 0) is 6.42 Å². The summed E-state index contributed by atoms with van der Waals surface area (Å²) < 4.78 is 4.70. The van der Waals surface area contributed by atoms with Gasteiger partial charge >= 0.3 is 0 Å².